The molecule has 0 radical (unpaired) electrons. The molecule has 0 N–H and O–H groups in total. The van der Waals surface area contributed by atoms with Crippen LogP contribution in [0.4, 0.5) is 4.39 Å². The molecule has 0 unspecified atom stereocenters. The molecule has 0 amide bonds. The third-order valence-electron chi connectivity index (χ3n) is 5.71. The number of hydrogen-bond donors (Lipinski definition) is 0. The van der Waals surface area contributed by atoms with Crippen molar-refractivity contribution >= 4 is 16.7 Å². The molecule has 26 heavy (non-hydrogen) atoms. The normalized spacial score (nSPS) is 17.7. The van der Waals surface area contributed by atoms with Gasteiger partial charge in [-0.1, -0.05) is 26.0 Å². The lowest BCUT2D eigenvalue weighted by atomic mass is 9.65. The predicted molar refractivity (Wildman–Crippen MR) is 102 cm³/mol. The summed E-state index contributed by atoms with van der Waals surface area (Å²) in [6.45, 7) is 8.12. The second kappa shape index (κ2) is 5.37. The van der Waals surface area contributed by atoms with E-state index in [1.54, 1.807) is 18.2 Å². The van der Waals surface area contributed by atoms with Gasteiger partial charge in [-0.2, -0.15) is 0 Å². The summed E-state index contributed by atoms with van der Waals surface area (Å²) in [4.78, 5) is 16.4. The zero-order valence-electron chi connectivity index (χ0n) is 15.3. The summed E-state index contributed by atoms with van der Waals surface area (Å²) < 4.78 is 20.0. The predicted octanol–water partition coefficient (Wildman–Crippen LogP) is 4.84. The van der Waals surface area contributed by atoms with Crippen LogP contribution in [0.15, 0.2) is 62.7 Å². The summed E-state index contributed by atoms with van der Waals surface area (Å²) in [6, 6.07) is 13.8. The molecule has 132 valence electrons. The monoisotopic (exact) mass is 349 g/mol. The first-order chi connectivity index (χ1) is 12.2. The number of nitrogens with zero attached hydrogens (tertiary/aromatic N) is 1. The van der Waals surface area contributed by atoms with Gasteiger partial charge in [0.25, 0.3) is 0 Å². The van der Waals surface area contributed by atoms with Gasteiger partial charge in [-0.25, -0.2) is 9.18 Å². The lowest BCUT2D eigenvalue weighted by Gasteiger charge is -2.44. The van der Waals surface area contributed by atoms with Crippen LogP contribution in [0.3, 0.4) is 0 Å². The molecule has 1 aliphatic heterocycles. The Morgan fingerprint density at radius 2 is 1.77 bits per heavy atom. The topological polar surface area (TPSA) is 42.6 Å². The van der Waals surface area contributed by atoms with Crippen LogP contribution >= 0.6 is 0 Å². The fraction of sp³-hybridized carbons (Fsp3) is 0.273. The molecule has 0 fully saturated rings. The van der Waals surface area contributed by atoms with E-state index in [9.17, 15) is 9.18 Å². The lowest BCUT2D eigenvalue weighted by molar-refractivity contribution is 0.293. The van der Waals surface area contributed by atoms with Crippen molar-refractivity contribution < 1.29 is 8.81 Å². The molecular formula is C22H20FNO2. The van der Waals surface area contributed by atoms with Crippen LogP contribution in [-0.2, 0) is 5.41 Å². The van der Waals surface area contributed by atoms with E-state index in [4.69, 9.17) is 9.41 Å². The number of fused-ring (bicyclic) bond motifs is 2. The van der Waals surface area contributed by atoms with Gasteiger partial charge in [0, 0.05) is 33.6 Å². The Bertz CT molecular complexity index is 1120. The molecule has 4 rings (SSSR count). The highest BCUT2D eigenvalue weighted by molar-refractivity contribution is 6.16. The fourth-order valence-corrected chi connectivity index (χ4v) is 3.58. The van der Waals surface area contributed by atoms with Gasteiger partial charge in [0.15, 0.2) is 0 Å². The highest BCUT2D eigenvalue weighted by Gasteiger charge is 2.45. The zero-order chi connectivity index (χ0) is 18.7. The average molecular weight is 349 g/mol. The molecule has 3 nitrogen and oxygen atoms in total. The van der Waals surface area contributed by atoms with Crippen LogP contribution in [-0.4, -0.2) is 11.3 Å². The van der Waals surface area contributed by atoms with Crippen molar-refractivity contribution in [1.82, 2.24) is 0 Å². The minimum atomic E-state index is -0.476. The Kier molecular flexibility index (Phi) is 3.45. The van der Waals surface area contributed by atoms with Crippen LogP contribution in [0.25, 0.3) is 11.0 Å². The Balaban J connectivity index is 2.00. The van der Waals surface area contributed by atoms with Crippen molar-refractivity contribution in [3.8, 4) is 0 Å². The fourth-order valence-electron chi connectivity index (χ4n) is 3.58. The van der Waals surface area contributed by atoms with E-state index in [-0.39, 0.29) is 11.4 Å². The molecule has 2 aromatic carbocycles. The van der Waals surface area contributed by atoms with E-state index >= 15 is 0 Å². The zero-order valence-corrected chi connectivity index (χ0v) is 15.3. The smallest absolute Gasteiger partial charge is 0.336 e. The molecule has 2 heterocycles. The Hall–Kier alpha value is -2.75. The maximum atomic E-state index is 14.8. The molecule has 0 aliphatic carbocycles. The third-order valence-corrected chi connectivity index (χ3v) is 5.71. The van der Waals surface area contributed by atoms with Crippen LogP contribution in [0.1, 0.15) is 44.4 Å². The van der Waals surface area contributed by atoms with Gasteiger partial charge in [-0.3, -0.25) is 4.99 Å². The van der Waals surface area contributed by atoms with Gasteiger partial charge in [0.1, 0.15) is 11.4 Å². The number of hydrogen-bond acceptors (Lipinski definition) is 3. The quantitative estimate of drug-likeness (QED) is 0.590. The maximum absolute atomic E-state index is 14.8. The van der Waals surface area contributed by atoms with Crippen molar-refractivity contribution in [2.75, 3.05) is 0 Å². The molecule has 4 heteroatoms. The summed E-state index contributed by atoms with van der Waals surface area (Å²) in [7, 11) is 0. The summed E-state index contributed by atoms with van der Waals surface area (Å²) in [5.41, 5.74) is 2.36. The van der Waals surface area contributed by atoms with E-state index < -0.39 is 11.0 Å². The highest BCUT2D eigenvalue weighted by atomic mass is 19.1. The maximum Gasteiger partial charge on any atom is 0.336 e. The molecule has 3 aromatic rings. The molecule has 0 saturated carbocycles. The minimum absolute atomic E-state index is 0.209. The standard InChI is InChI=1S/C22H20FNO2/c1-21(2)19-15(6-5-7-16(19)23)20(24-22(21,3)4)14-8-10-17-13(12-14)9-11-18(25)26-17/h5-12H,1-4H3. The van der Waals surface area contributed by atoms with E-state index in [0.29, 0.717) is 11.1 Å². The molecule has 1 aliphatic rings. The van der Waals surface area contributed by atoms with Gasteiger partial charge < -0.3 is 4.42 Å². The van der Waals surface area contributed by atoms with E-state index in [1.165, 1.54) is 12.1 Å². The van der Waals surface area contributed by atoms with Crippen molar-refractivity contribution in [3.63, 3.8) is 0 Å². The van der Waals surface area contributed by atoms with Crippen LogP contribution in [0, 0.1) is 5.82 Å². The molecular weight excluding hydrogens is 329 g/mol. The Morgan fingerprint density at radius 3 is 2.54 bits per heavy atom. The van der Waals surface area contributed by atoms with Crippen LogP contribution in [0.2, 0.25) is 0 Å². The number of rotatable bonds is 1. The molecule has 0 bridgehead atoms. The highest BCUT2D eigenvalue weighted by Crippen LogP contribution is 2.45. The first-order valence-corrected chi connectivity index (χ1v) is 8.64. The third kappa shape index (κ3) is 2.32. The van der Waals surface area contributed by atoms with E-state index in [2.05, 4.69) is 0 Å². The second-order valence-corrected chi connectivity index (χ2v) is 7.81. The number of benzene rings is 2. The summed E-state index contributed by atoms with van der Waals surface area (Å²) in [6.07, 6.45) is 0. The summed E-state index contributed by atoms with van der Waals surface area (Å²) >= 11 is 0. The molecule has 0 saturated heterocycles. The Labute approximate surface area is 151 Å². The van der Waals surface area contributed by atoms with E-state index in [1.807, 2.05) is 45.9 Å². The Morgan fingerprint density at radius 1 is 1.00 bits per heavy atom. The molecule has 0 spiro atoms. The molecule has 1 aromatic heterocycles. The van der Waals surface area contributed by atoms with Crippen molar-refractivity contribution in [1.29, 1.82) is 0 Å². The summed E-state index contributed by atoms with van der Waals surface area (Å²) in [5.74, 6) is -0.209. The van der Waals surface area contributed by atoms with Crippen molar-refractivity contribution in [3.05, 3.63) is 81.5 Å². The van der Waals surface area contributed by atoms with Gasteiger partial charge in [0.2, 0.25) is 0 Å². The largest absolute Gasteiger partial charge is 0.423 e. The van der Waals surface area contributed by atoms with Gasteiger partial charge in [-0.05, 0) is 44.2 Å². The lowest BCUT2D eigenvalue weighted by Crippen LogP contribution is -2.46. The summed E-state index contributed by atoms with van der Waals surface area (Å²) in [5, 5.41) is 0.811. The van der Waals surface area contributed by atoms with Crippen LogP contribution < -0.4 is 5.63 Å². The minimum Gasteiger partial charge on any atom is -0.423 e. The van der Waals surface area contributed by atoms with Crippen molar-refractivity contribution in [2.45, 2.75) is 38.6 Å². The van der Waals surface area contributed by atoms with Gasteiger partial charge in [0.05, 0.1) is 11.3 Å². The van der Waals surface area contributed by atoms with E-state index in [0.717, 1.165) is 22.2 Å². The van der Waals surface area contributed by atoms with Gasteiger partial charge in [-0.15, -0.1) is 0 Å². The number of halogens is 1. The second-order valence-electron chi connectivity index (χ2n) is 7.81. The average Bonchev–Trinajstić information content (AvgIpc) is 2.58. The number of aliphatic imine (C=N–C) groups is 1. The van der Waals surface area contributed by atoms with Gasteiger partial charge >= 0.3 is 5.63 Å². The first-order valence-electron chi connectivity index (χ1n) is 8.64. The van der Waals surface area contributed by atoms with Crippen molar-refractivity contribution in [2.24, 2.45) is 4.99 Å². The van der Waals surface area contributed by atoms with Crippen LogP contribution in [0.5, 0.6) is 0 Å². The first kappa shape index (κ1) is 16.7. The molecule has 0 atom stereocenters. The SMILES string of the molecule is CC1(C)N=C(c2ccc3oc(=O)ccc3c2)c2cccc(F)c2C1(C)C.